The van der Waals surface area contributed by atoms with Gasteiger partial charge in [-0.3, -0.25) is 4.40 Å². The highest BCUT2D eigenvalue weighted by Crippen LogP contribution is 2.35. The highest BCUT2D eigenvalue weighted by atomic mass is 35.5. The minimum atomic E-state index is -4.64. The van der Waals surface area contributed by atoms with Crippen molar-refractivity contribution in [2.45, 2.75) is 26.4 Å². The van der Waals surface area contributed by atoms with E-state index in [0.717, 1.165) is 10.5 Å². The molecule has 1 N–H and O–H groups in total. The number of alkyl halides is 3. The lowest BCUT2D eigenvalue weighted by Gasteiger charge is -2.12. The predicted molar refractivity (Wildman–Crippen MR) is 70.7 cm³/mol. The van der Waals surface area contributed by atoms with Gasteiger partial charge >= 0.3 is 12.1 Å². The highest BCUT2D eigenvalue weighted by Gasteiger charge is 2.36. The van der Waals surface area contributed by atoms with Crippen LogP contribution in [0.1, 0.15) is 35.5 Å². The van der Waals surface area contributed by atoms with Gasteiger partial charge in [0.05, 0.1) is 5.56 Å². The fourth-order valence-electron chi connectivity index (χ4n) is 2.10. The second kappa shape index (κ2) is 5.22. The Balaban J connectivity index is 2.78. The molecule has 0 radical (unpaired) electrons. The molecule has 114 valence electrons. The van der Waals surface area contributed by atoms with Crippen molar-refractivity contribution in [3.8, 4) is 0 Å². The van der Waals surface area contributed by atoms with Crippen LogP contribution in [0.2, 0.25) is 5.15 Å². The third-order valence-electron chi connectivity index (χ3n) is 2.87. The molecule has 2 aromatic rings. The fourth-order valence-corrected chi connectivity index (χ4v) is 2.35. The van der Waals surface area contributed by atoms with Gasteiger partial charge in [-0.1, -0.05) is 25.4 Å². The van der Waals surface area contributed by atoms with Gasteiger partial charge in [0.15, 0.2) is 11.3 Å². The Morgan fingerprint density at radius 2 is 2.10 bits per heavy atom. The van der Waals surface area contributed by atoms with Crippen molar-refractivity contribution >= 4 is 23.2 Å². The molecule has 0 bridgehead atoms. The molecule has 0 atom stereocenters. The highest BCUT2D eigenvalue weighted by molar-refractivity contribution is 6.32. The van der Waals surface area contributed by atoms with Crippen LogP contribution < -0.4 is 0 Å². The van der Waals surface area contributed by atoms with E-state index in [9.17, 15) is 18.0 Å². The fraction of sp³-hybridized carbons (Fsp3) is 0.385. The number of hydrogen-bond acceptors (Lipinski definition) is 2. The molecule has 0 aliphatic heterocycles. The van der Waals surface area contributed by atoms with Gasteiger partial charge in [-0.25, -0.2) is 9.78 Å². The largest absolute Gasteiger partial charge is 0.476 e. The first-order chi connectivity index (χ1) is 9.61. The second-order valence-corrected chi connectivity index (χ2v) is 5.47. The van der Waals surface area contributed by atoms with E-state index < -0.39 is 29.1 Å². The van der Waals surface area contributed by atoms with Crippen LogP contribution >= 0.6 is 11.6 Å². The van der Waals surface area contributed by atoms with E-state index >= 15 is 0 Å². The van der Waals surface area contributed by atoms with E-state index in [4.69, 9.17) is 16.7 Å². The Morgan fingerprint density at radius 3 is 2.57 bits per heavy atom. The zero-order valence-electron chi connectivity index (χ0n) is 11.2. The molecule has 0 aliphatic carbocycles. The molecule has 0 spiro atoms. The standard InChI is InChI=1S/C13H12ClF3N2O2/c1-6(2)3-7-4-8(13(15,16)17)11-18-9(12(20)21)10(14)19(11)5-7/h4-6H,3H2,1-2H3,(H,20,21). The monoisotopic (exact) mass is 320 g/mol. The molecule has 0 aromatic carbocycles. The van der Waals surface area contributed by atoms with Gasteiger partial charge in [-0.05, 0) is 24.0 Å². The molecule has 0 fully saturated rings. The van der Waals surface area contributed by atoms with Gasteiger partial charge < -0.3 is 5.11 Å². The Labute approximate surface area is 123 Å². The lowest BCUT2D eigenvalue weighted by atomic mass is 10.0. The third-order valence-corrected chi connectivity index (χ3v) is 3.23. The summed E-state index contributed by atoms with van der Waals surface area (Å²) in [7, 11) is 0. The number of aromatic carboxylic acids is 1. The Bertz CT molecular complexity index is 707. The number of hydrogen-bond donors (Lipinski definition) is 1. The summed E-state index contributed by atoms with van der Waals surface area (Å²) in [6, 6.07) is 0.990. The summed E-state index contributed by atoms with van der Waals surface area (Å²) >= 11 is 5.83. The lowest BCUT2D eigenvalue weighted by Crippen LogP contribution is -2.10. The predicted octanol–water partition coefficient (Wildman–Crippen LogP) is 3.90. The minimum absolute atomic E-state index is 0.143. The molecule has 0 aliphatic rings. The molecular weight excluding hydrogens is 309 g/mol. The first-order valence-corrected chi connectivity index (χ1v) is 6.50. The summed E-state index contributed by atoms with van der Waals surface area (Å²) in [5.41, 5.74) is -1.67. The summed E-state index contributed by atoms with van der Waals surface area (Å²) in [5, 5.41) is 8.59. The molecule has 2 aromatic heterocycles. The van der Waals surface area contributed by atoms with E-state index in [1.807, 2.05) is 13.8 Å². The zero-order chi connectivity index (χ0) is 15.9. The van der Waals surface area contributed by atoms with Crippen LogP contribution in [0.4, 0.5) is 13.2 Å². The van der Waals surface area contributed by atoms with Crippen molar-refractivity contribution in [2.75, 3.05) is 0 Å². The van der Waals surface area contributed by atoms with E-state index in [2.05, 4.69) is 4.98 Å². The number of aromatic nitrogens is 2. The quantitative estimate of drug-likeness (QED) is 0.933. The Hall–Kier alpha value is -1.76. The molecule has 4 nitrogen and oxygen atoms in total. The summed E-state index contributed by atoms with van der Waals surface area (Å²) in [4.78, 5) is 14.5. The number of imidazole rings is 1. The molecule has 0 amide bonds. The second-order valence-electron chi connectivity index (χ2n) is 5.11. The maximum absolute atomic E-state index is 13.1. The van der Waals surface area contributed by atoms with Gasteiger partial charge in [-0.2, -0.15) is 13.2 Å². The topological polar surface area (TPSA) is 54.6 Å². The maximum Gasteiger partial charge on any atom is 0.419 e. The number of carboxylic acid groups (broad SMARTS) is 1. The van der Waals surface area contributed by atoms with Gasteiger partial charge in [0.2, 0.25) is 0 Å². The average Bonchev–Trinajstić information content (AvgIpc) is 2.64. The molecule has 8 heteroatoms. The first kappa shape index (κ1) is 15.6. The van der Waals surface area contributed by atoms with E-state index in [1.54, 1.807) is 0 Å². The normalized spacial score (nSPS) is 12.3. The summed E-state index contributed by atoms with van der Waals surface area (Å²) in [6.07, 6.45) is -2.83. The van der Waals surface area contributed by atoms with E-state index in [0.29, 0.717) is 12.0 Å². The van der Waals surface area contributed by atoms with Crippen molar-refractivity contribution in [3.63, 3.8) is 0 Å². The van der Waals surface area contributed by atoms with Crippen molar-refractivity contribution in [1.82, 2.24) is 9.38 Å². The summed E-state index contributed by atoms with van der Waals surface area (Å²) < 4.78 is 40.4. The number of pyridine rings is 1. The summed E-state index contributed by atoms with van der Waals surface area (Å²) in [5.74, 6) is -1.33. The van der Waals surface area contributed by atoms with Gasteiger partial charge in [0.1, 0.15) is 5.15 Å². The molecular formula is C13H12ClF3N2O2. The minimum Gasteiger partial charge on any atom is -0.476 e. The number of carboxylic acids is 1. The van der Waals surface area contributed by atoms with Crippen LogP contribution in [0.5, 0.6) is 0 Å². The summed E-state index contributed by atoms with van der Waals surface area (Å²) in [6.45, 7) is 3.74. The van der Waals surface area contributed by atoms with Crippen LogP contribution in [0.25, 0.3) is 5.65 Å². The van der Waals surface area contributed by atoms with Crippen LogP contribution in [0.15, 0.2) is 12.3 Å². The molecule has 0 unspecified atom stereocenters. The van der Waals surface area contributed by atoms with Gasteiger partial charge in [-0.15, -0.1) is 0 Å². The van der Waals surface area contributed by atoms with Crippen molar-refractivity contribution in [3.05, 3.63) is 34.2 Å². The number of fused-ring (bicyclic) bond motifs is 1. The van der Waals surface area contributed by atoms with Crippen molar-refractivity contribution < 1.29 is 23.1 Å². The number of nitrogens with zero attached hydrogens (tertiary/aromatic N) is 2. The molecule has 21 heavy (non-hydrogen) atoms. The van der Waals surface area contributed by atoms with Gasteiger partial charge in [0.25, 0.3) is 0 Å². The number of rotatable bonds is 3. The Morgan fingerprint density at radius 1 is 1.48 bits per heavy atom. The number of carbonyl (C=O) groups is 1. The average molecular weight is 321 g/mol. The van der Waals surface area contributed by atoms with Crippen LogP contribution in [-0.2, 0) is 12.6 Å². The Kier molecular flexibility index (Phi) is 3.88. The van der Waals surface area contributed by atoms with Crippen LogP contribution in [-0.4, -0.2) is 20.5 Å². The maximum atomic E-state index is 13.1. The van der Waals surface area contributed by atoms with E-state index in [1.165, 1.54) is 6.20 Å². The lowest BCUT2D eigenvalue weighted by molar-refractivity contribution is -0.136. The number of halogens is 4. The van der Waals surface area contributed by atoms with Gasteiger partial charge in [0, 0.05) is 6.20 Å². The molecule has 0 saturated heterocycles. The zero-order valence-corrected chi connectivity index (χ0v) is 12.0. The first-order valence-electron chi connectivity index (χ1n) is 6.12. The van der Waals surface area contributed by atoms with Crippen LogP contribution in [0, 0.1) is 5.92 Å². The molecule has 0 saturated carbocycles. The van der Waals surface area contributed by atoms with Crippen LogP contribution in [0.3, 0.4) is 0 Å². The smallest absolute Gasteiger partial charge is 0.419 e. The SMILES string of the molecule is CC(C)Cc1cc(C(F)(F)F)c2nc(C(=O)O)c(Cl)n2c1. The van der Waals surface area contributed by atoms with Crippen molar-refractivity contribution in [2.24, 2.45) is 5.92 Å². The van der Waals surface area contributed by atoms with Crippen molar-refractivity contribution in [1.29, 1.82) is 0 Å². The third kappa shape index (κ3) is 2.97. The van der Waals surface area contributed by atoms with E-state index in [-0.39, 0.29) is 11.1 Å². The molecule has 2 rings (SSSR count). The molecule has 2 heterocycles.